The summed E-state index contributed by atoms with van der Waals surface area (Å²) in [6, 6.07) is 4.21. The number of ether oxygens (including phenoxy) is 1. The van der Waals surface area contributed by atoms with Crippen molar-refractivity contribution in [2.24, 2.45) is 0 Å². The van der Waals surface area contributed by atoms with Crippen LogP contribution < -0.4 is 4.74 Å². The molecule has 2 nitrogen and oxygen atoms in total. The molecular formula is C14H8F4O2. The molecule has 0 aromatic heterocycles. The predicted molar refractivity (Wildman–Crippen MR) is 62.7 cm³/mol. The van der Waals surface area contributed by atoms with Crippen molar-refractivity contribution in [3.63, 3.8) is 0 Å². The van der Waals surface area contributed by atoms with Crippen molar-refractivity contribution in [1.82, 2.24) is 0 Å². The Morgan fingerprint density at radius 1 is 0.950 bits per heavy atom. The number of benzene rings is 2. The maximum absolute atomic E-state index is 13.7. The van der Waals surface area contributed by atoms with Crippen molar-refractivity contribution >= 4 is 5.78 Å². The summed E-state index contributed by atoms with van der Waals surface area (Å²) in [5.74, 6) is -6.39. The molecule has 0 N–H and O–H groups in total. The van der Waals surface area contributed by atoms with E-state index in [1.54, 1.807) is 0 Å². The van der Waals surface area contributed by atoms with Crippen molar-refractivity contribution < 1.29 is 27.1 Å². The van der Waals surface area contributed by atoms with E-state index in [2.05, 4.69) is 0 Å². The topological polar surface area (TPSA) is 26.3 Å². The highest BCUT2D eigenvalue weighted by molar-refractivity contribution is 6.11. The highest BCUT2D eigenvalue weighted by Gasteiger charge is 2.25. The molecule has 2 aromatic rings. The summed E-state index contributed by atoms with van der Waals surface area (Å²) in [6.45, 7) is 0. The summed E-state index contributed by atoms with van der Waals surface area (Å²) in [4.78, 5) is 12.1. The van der Waals surface area contributed by atoms with Crippen LogP contribution in [-0.4, -0.2) is 12.9 Å². The van der Waals surface area contributed by atoms with E-state index in [0.29, 0.717) is 12.1 Å². The molecular weight excluding hydrogens is 276 g/mol. The monoisotopic (exact) mass is 284 g/mol. The van der Waals surface area contributed by atoms with E-state index in [1.165, 1.54) is 19.2 Å². The van der Waals surface area contributed by atoms with Crippen molar-refractivity contribution in [3.8, 4) is 5.75 Å². The first-order valence-corrected chi connectivity index (χ1v) is 5.47. The van der Waals surface area contributed by atoms with Gasteiger partial charge in [0, 0.05) is 12.1 Å². The van der Waals surface area contributed by atoms with Crippen LogP contribution in [0.3, 0.4) is 0 Å². The quantitative estimate of drug-likeness (QED) is 0.637. The summed E-state index contributed by atoms with van der Waals surface area (Å²) in [7, 11) is 1.18. The van der Waals surface area contributed by atoms with Crippen molar-refractivity contribution in [2.45, 2.75) is 0 Å². The molecule has 0 aliphatic carbocycles. The molecule has 104 valence electrons. The van der Waals surface area contributed by atoms with Gasteiger partial charge in [0.25, 0.3) is 0 Å². The van der Waals surface area contributed by atoms with Gasteiger partial charge >= 0.3 is 0 Å². The van der Waals surface area contributed by atoms with Crippen LogP contribution in [0.5, 0.6) is 5.75 Å². The molecule has 6 heteroatoms. The first-order chi connectivity index (χ1) is 9.45. The molecule has 0 fully saturated rings. The highest BCUT2D eigenvalue weighted by Crippen LogP contribution is 2.27. The Balaban J connectivity index is 2.64. The summed E-state index contributed by atoms with van der Waals surface area (Å²) < 4.78 is 58.4. The smallest absolute Gasteiger partial charge is 0.205 e. The maximum Gasteiger partial charge on any atom is 0.205 e. The van der Waals surface area contributed by atoms with Gasteiger partial charge in [-0.15, -0.1) is 0 Å². The van der Waals surface area contributed by atoms with E-state index in [4.69, 9.17) is 4.74 Å². The van der Waals surface area contributed by atoms with E-state index in [9.17, 15) is 22.4 Å². The minimum atomic E-state index is -1.40. The Bertz CT molecular complexity index is 660. The lowest BCUT2D eigenvalue weighted by atomic mass is 10.0. The molecule has 2 aromatic carbocycles. The van der Waals surface area contributed by atoms with Gasteiger partial charge in [-0.05, 0) is 12.1 Å². The Hall–Kier alpha value is -2.37. The number of hydrogen-bond donors (Lipinski definition) is 0. The predicted octanol–water partition coefficient (Wildman–Crippen LogP) is 3.48. The third kappa shape index (κ3) is 2.36. The van der Waals surface area contributed by atoms with Crippen LogP contribution in [0.2, 0.25) is 0 Å². The number of carbonyl (C=O) groups excluding carboxylic acids is 1. The second-order valence-electron chi connectivity index (χ2n) is 3.89. The fourth-order valence-electron chi connectivity index (χ4n) is 1.78. The van der Waals surface area contributed by atoms with Gasteiger partial charge in [-0.25, -0.2) is 17.6 Å². The highest BCUT2D eigenvalue weighted by atomic mass is 19.1. The maximum atomic E-state index is 13.7. The number of methoxy groups -OCH3 is 1. The van der Waals surface area contributed by atoms with E-state index in [0.717, 1.165) is 6.07 Å². The van der Waals surface area contributed by atoms with Gasteiger partial charge in [0.15, 0.2) is 0 Å². The Labute approximate surface area is 111 Å². The molecule has 0 bridgehead atoms. The molecule has 0 saturated heterocycles. The lowest BCUT2D eigenvalue weighted by Gasteiger charge is -2.10. The third-order valence-corrected chi connectivity index (χ3v) is 2.66. The molecule has 0 atom stereocenters. The zero-order chi connectivity index (χ0) is 14.9. The third-order valence-electron chi connectivity index (χ3n) is 2.66. The van der Waals surface area contributed by atoms with Gasteiger partial charge in [-0.2, -0.15) is 0 Å². The zero-order valence-corrected chi connectivity index (χ0v) is 10.2. The second kappa shape index (κ2) is 5.32. The Morgan fingerprint density at radius 3 is 2.10 bits per heavy atom. The van der Waals surface area contributed by atoms with Gasteiger partial charge < -0.3 is 4.74 Å². The van der Waals surface area contributed by atoms with Crippen LogP contribution in [0.25, 0.3) is 0 Å². The van der Waals surface area contributed by atoms with Crippen LogP contribution in [0, 0.1) is 23.3 Å². The molecule has 0 aliphatic rings. The molecule has 20 heavy (non-hydrogen) atoms. The van der Waals surface area contributed by atoms with Crippen LogP contribution in [0.15, 0.2) is 30.3 Å². The van der Waals surface area contributed by atoms with Gasteiger partial charge in [0.2, 0.25) is 5.78 Å². The molecule has 0 aliphatic heterocycles. The first kappa shape index (κ1) is 14.0. The zero-order valence-electron chi connectivity index (χ0n) is 10.2. The van der Waals surface area contributed by atoms with Gasteiger partial charge in [-0.1, -0.05) is 6.07 Å². The van der Waals surface area contributed by atoms with Crippen LogP contribution >= 0.6 is 0 Å². The number of hydrogen-bond acceptors (Lipinski definition) is 2. The minimum absolute atomic E-state index is 0.168. The van der Waals surface area contributed by atoms with Crippen molar-refractivity contribution in [1.29, 1.82) is 0 Å². The van der Waals surface area contributed by atoms with Crippen LogP contribution in [0.1, 0.15) is 15.9 Å². The van der Waals surface area contributed by atoms with E-state index < -0.39 is 40.2 Å². The Kier molecular flexibility index (Phi) is 3.74. The van der Waals surface area contributed by atoms with E-state index in [1.807, 2.05) is 0 Å². The molecule has 0 spiro atoms. The standard InChI is InChI=1S/C14H8F4O2/c1-20-11-4-2-3-8(16)13(11)14(19)12-9(17)5-7(15)6-10(12)18/h2-6H,1H3. The summed E-state index contributed by atoms with van der Waals surface area (Å²) in [5, 5.41) is 0. The summed E-state index contributed by atoms with van der Waals surface area (Å²) >= 11 is 0. The SMILES string of the molecule is COc1cccc(F)c1C(=O)c1c(F)cc(F)cc1F. The number of halogens is 4. The van der Waals surface area contributed by atoms with Crippen LogP contribution in [-0.2, 0) is 0 Å². The van der Waals surface area contributed by atoms with Crippen LogP contribution in [0.4, 0.5) is 17.6 Å². The van der Waals surface area contributed by atoms with Gasteiger partial charge in [-0.3, -0.25) is 4.79 Å². The number of carbonyl (C=O) groups is 1. The second-order valence-corrected chi connectivity index (χ2v) is 3.89. The Morgan fingerprint density at radius 2 is 1.55 bits per heavy atom. The average Bonchev–Trinajstić information content (AvgIpc) is 2.36. The van der Waals surface area contributed by atoms with Gasteiger partial charge in [0.05, 0.1) is 12.7 Å². The number of ketones is 1. The number of rotatable bonds is 3. The molecule has 0 radical (unpaired) electrons. The molecule has 0 amide bonds. The summed E-state index contributed by atoms with van der Waals surface area (Å²) in [6.07, 6.45) is 0. The molecule has 0 unspecified atom stereocenters. The van der Waals surface area contributed by atoms with E-state index in [-0.39, 0.29) is 5.75 Å². The lowest BCUT2D eigenvalue weighted by molar-refractivity contribution is 0.102. The lowest BCUT2D eigenvalue weighted by Crippen LogP contribution is -2.11. The molecule has 0 saturated carbocycles. The van der Waals surface area contributed by atoms with E-state index >= 15 is 0 Å². The van der Waals surface area contributed by atoms with Crippen molar-refractivity contribution in [3.05, 3.63) is 64.7 Å². The van der Waals surface area contributed by atoms with Gasteiger partial charge in [0.1, 0.15) is 34.6 Å². The largest absolute Gasteiger partial charge is 0.496 e. The average molecular weight is 284 g/mol. The van der Waals surface area contributed by atoms with Crippen molar-refractivity contribution in [2.75, 3.05) is 7.11 Å². The normalized spacial score (nSPS) is 10.4. The minimum Gasteiger partial charge on any atom is -0.496 e. The molecule has 2 rings (SSSR count). The summed E-state index contributed by atoms with van der Waals surface area (Å²) in [5.41, 5.74) is -1.64. The first-order valence-electron chi connectivity index (χ1n) is 5.47. The molecule has 0 heterocycles. The fourth-order valence-corrected chi connectivity index (χ4v) is 1.78. The fraction of sp³-hybridized carbons (Fsp3) is 0.0714.